The molecule has 0 aromatic carbocycles. The quantitative estimate of drug-likeness (QED) is 0.713. The molecule has 0 aliphatic heterocycles. The molecule has 0 radical (unpaired) electrons. The Hall–Kier alpha value is -1.65. The number of hydrogen-bond acceptors (Lipinski definition) is 3. The van der Waals surface area contributed by atoms with Gasteiger partial charge in [-0.3, -0.25) is 14.2 Å². The Labute approximate surface area is 92.3 Å². The van der Waals surface area contributed by atoms with Crippen molar-refractivity contribution in [2.75, 3.05) is 0 Å². The normalized spacial score (nSPS) is 15.1. The van der Waals surface area contributed by atoms with Crippen LogP contribution in [-0.2, 0) is 18.4 Å². The van der Waals surface area contributed by atoms with Crippen LogP contribution in [0.4, 0.5) is 0 Å². The van der Waals surface area contributed by atoms with Crippen LogP contribution in [0.25, 0.3) is 0 Å². The Balaban J connectivity index is 2.40. The van der Waals surface area contributed by atoms with Crippen LogP contribution in [0.5, 0.6) is 0 Å². The maximum absolute atomic E-state index is 11.8. The highest BCUT2D eigenvalue weighted by atomic mass is 16.2. The predicted molar refractivity (Wildman–Crippen MR) is 58.4 cm³/mol. The highest BCUT2D eigenvalue weighted by Crippen LogP contribution is 2.29. The summed E-state index contributed by atoms with van der Waals surface area (Å²) in [6.07, 6.45) is 1.78. The average molecular weight is 222 g/mol. The van der Waals surface area contributed by atoms with Crippen molar-refractivity contribution in [1.29, 1.82) is 0 Å². The molecule has 0 saturated heterocycles. The van der Waals surface area contributed by atoms with Crippen LogP contribution in [0.3, 0.4) is 0 Å². The van der Waals surface area contributed by atoms with E-state index in [2.05, 4.69) is 0 Å². The molecule has 0 N–H and O–H groups in total. The zero-order chi connectivity index (χ0) is 11.9. The van der Waals surface area contributed by atoms with Gasteiger partial charge >= 0.3 is 5.69 Å². The summed E-state index contributed by atoms with van der Waals surface area (Å²) in [5.74, 6) is 0.0564. The molecule has 0 amide bonds. The van der Waals surface area contributed by atoms with E-state index in [-0.39, 0.29) is 18.2 Å². The highest BCUT2D eigenvalue weighted by Gasteiger charge is 2.30. The van der Waals surface area contributed by atoms with E-state index in [9.17, 15) is 14.4 Å². The SMILES string of the molecule is Cc1cc(=O)n(CC(=O)C2CC2)c(=O)n1C. The molecule has 0 unspecified atom stereocenters. The van der Waals surface area contributed by atoms with Gasteiger partial charge in [0.2, 0.25) is 0 Å². The van der Waals surface area contributed by atoms with Gasteiger partial charge in [0.1, 0.15) is 0 Å². The van der Waals surface area contributed by atoms with E-state index >= 15 is 0 Å². The third kappa shape index (κ3) is 1.85. The number of carbonyl (C=O) groups excluding carboxylic acids is 1. The molecule has 16 heavy (non-hydrogen) atoms. The van der Waals surface area contributed by atoms with Crippen LogP contribution in [0.1, 0.15) is 18.5 Å². The van der Waals surface area contributed by atoms with Gasteiger partial charge in [-0.1, -0.05) is 0 Å². The summed E-state index contributed by atoms with van der Waals surface area (Å²) in [6.45, 7) is 1.60. The first-order valence-electron chi connectivity index (χ1n) is 5.31. The number of aryl methyl sites for hydroxylation is 1. The van der Waals surface area contributed by atoms with Crippen molar-refractivity contribution in [2.45, 2.75) is 26.3 Å². The molecule has 1 aliphatic carbocycles. The minimum Gasteiger partial charge on any atom is -0.301 e. The Kier molecular flexibility index (Phi) is 2.53. The smallest absolute Gasteiger partial charge is 0.301 e. The lowest BCUT2D eigenvalue weighted by atomic mass is 10.2. The Bertz CT molecular complexity index is 549. The second-order valence-electron chi connectivity index (χ2n) is 4.29. The third-order valence-electron chi connectivity index (χ3n) is 2.99. The maximum Gasteiger partial charge on any atom is 0.331 e. The fourth-order valence-corrected chi connectivity index (χ4v) is 1.62. The van der Waals surface area contributed by atoms with E-state index in [1.807, 2.05) is 0 Å². The van der Waals surface area contributed by atoms with Crippen LogP contribution in [-0.4, -0.2) is 14.9 Å². The van der Waals surface area contributed by atoms with E-state index in [0.29, 0.717) is 5.69 Å². The lowest BCUT2D eigenvalue weighted by Gasteiger charge is -2.07. The standard InChI is InChI=1S/C11H14N2O3/c1-7-5-10(15)13(11(16)12(7)2)6-9(14)8-3-4-8/h5,8H,3-4,6H2,1-2H3. The van der Waals surface area contributed by atoms with Crippen LogP contribution in [0.15, 0.2) is 15.7 Å². The molecule has 0 atom stereocenters. The van der Waals surface area contributed by atoms with Crippen molar-refractivity contribution in [2.24, 2.45) is 13.0 Å². The zero-order valence-electron chi connectivity index (χ0n) is 9.40. The third-order valence-corrected chi connectivity index (χ3v) is 2.99. The van der Waals surface area contributed by atoms with Crippen molar-refractivity contribution in [3.8, 4) is 0 Å². The van der Waals surface area contributed by atoms with Crippen LogP contribution >= 0.6 is 0 Å². The van der Waals surface area contributed by atoms with Gasteiger partial charge in [0.15, 0.2) is 5.78 Å². The number of carbonyl (C=O) groups is 1. The molecule has 1 heterocycles. The Morgan fingerprint density at radius 3 is 2.62 bits per heavy atom. The molecule has 5 nitrogen and oxygen atoms in total. The van der Waals surface area contributed by atoms with Gasteiger partial charge in [0.05, 0.1) is 6.54 Å². The molecule has 1 aromatic heterocycles. The maximum atomic E-state index is 11.8. The second-order valence-corrected chi connectivity index (χ2v) is 4.29. The van der Waals surface area contributed by atoms with Gasteiger partial charge in [-0.05, 0) is 19.8 Å². The van der Waals surface area contributed by atoms with Crippen molar-refractivity contribution in [1.82, 2.24) is 9.13 Å². The minimum absolute atomic E-state index is 0.0111. The number of Topliss-reactive ketones (excluding diaryl/α,β-unsaturated/α-hetero) is 1. The van der Waals surface area contributed by atoms with Gasteiger partial charge in [-0.25, -0.2) is 4.79 Å². The van der Waals surface area contributed by atoms with Gasteiger partial charge < -0.3 is 4.57 Å². The number of nitrogens with zero attached hydrogens (tertiary/aromatic N) is 2. The van der Waals surface area contributed by atoms with Gasteiger partial charge in [0, 0.05) is 24.7 Å². The minimum atomic E-state index is -0.418. The fourth-order valence-electron chi connectivity index (χ4n) is 1.62. The van der Waals surface area contributed by atoms with E-state index in [1.165, 1.54) is 10.6 Å². The lowest BCUT2D eigenvalue weighted by Crippen LogP contribution is -2.41. The van der Waals surface area contributed by atoms with Crippen molar-refractivity contribution in [3.63, 3.8) is 0 Å². The van der Waals surface area contributed by atoms with E-state index in [1.54, 1.807) is 14.0 Å². The summed E-state index contributed by atoms with van der Waals surface area (Å²) >= 11 is 0. The Morgan fingerprint density at radius 1 is 1.44 bits per heavy atom. The fraction of sp³-hybridized carbons (Fsp3) is 0.545. The molecule has 1 aliphatic rings. The topological polar surface area (TPSA) is 61.1 Å². The van der Waals surface area contributed by atoms with Gasteiger partial charge in [-0.15, -0.1) is 0 Å². The van der Waals surface area contributed by atoms with Gasteiger partial charge in [-0.2, -0.15) is 0 Å². The highest BCUT2D eigenvalue weighted by molar-refractivity contribution is 5.82. The molecule has 0 bridgehead atoms. The first kappa shape index (κ1) is 10.9. The second kappa shape index (κ2) is 3.73. The number of hydrogen-bond donors (Lipinski definition) is 0. The largest absolute Gasteiger partial charge is 0.331 e. The average Bonchev–Trinajstić information content (AvgIpc) is 3.04. The Morgan fingerprint density at radius 2 is 2.06 bits per heavy atom. The summed E-state index contributed by atoms with van der Waals surface area (Å²) in [5.41, 5.74) is -0.210. The molecule has 1 saturated carbocycles. The van der Waals surface area contributed by atoms with E-state index in [4.69, 9.17) is 0 Å². The van der Waals surface area contributed by atoms with Crippen molar-refractivity contribution < 1.29 is 4.79 Å². The molecule has 86 valence electrons. The summed E-state index contributed by atoms with van der Waals surface area (Å²) in [4.78, 5) is 34.9. The first-order valence-corrected chi connectivity index (χ1v) is 5.31. The molecular formula is C11H14N2O3. The van der Waals surface area contributed by atoms with Crippen molar-refractivity contribution >= 4 is 5.78 Å². The predicted octanol–water partition coefficient (Wildman–Crippen LogP) is -0.165. The van der Waals surface area contributed by atoms with Crippen LogP contribution in [0.2, 0.25) is 0 Å². The number of rotatable bonds is 3. The number of ketones is 1. The molecule has 5 heteroatoms. The summed E-state index contributed by atoms with van der Waals surface area (Å²) in [7, 11) is 1.59. The van der Waals surface area contributed by atoms with Crippen LogP contribution < -0.4 is 11.2 Å². The van der Waals surface area contributed by atoms with Crippen molar-refractivity contribution in [3.05, 3.63) is 32.6 Å². The van der Waals surface area contributed by atoms with E-state index < -0.39 is 11.2 Å². The molecular weight excluding hydrogens is 208 g/mol. The first-order chi connectivity index (χ1) is 7.50. The molecule has 1 fully saturated rings. The summed E-state index contributed by atoms with van der Waals surface area (Å²) < 4.78 is 2.38. The lowest BCUT2D eigenvalue weighted by molar-refractivity contribution is -0.120. The van der Waals surface area contributed by atoms with E-state index in [0.717, 1.165) is 17.4 Å². The van der Waals surface area contributed by atoms with Crippen LogP contribution in [0, 0.1) is 12.8 Å². The monoisotopic (exact) mass is 222 g/mol. The summed E-state index contributed by atoms with van der Waals surface area (Å²) in [6, 6.07) is 1.38. The van der Waals surface area contributed by atoms with Gasteiger partial charge in [0.25, 0.3) is 5.56 Å². The summed E-state index contributed by atoms with van der Waals surface area (Å²) in [5, 5.41) is 0. The number of aromatic nitrogens is 2. The zero-order valence-corrected chi connectivity index (χ0v) is 9.40. The molecule has 1 aromatic rings. The molecule has 2 rings (SSSR count). The molecule has 0 spiro atoms.